The van der Waals surface area contributed by atoms with E-state index in [4.69, 9.17) is 47.4 Å². The summed E-state index contributed by atoms with van der Waals surface area (Å²) in [7, 11) is 1.70. The van der Waals surface area contributed by atoms with Crippen molar-refractivity contribution in [3.63, 3.8) is 0 Å². The third-order valence-corrected chi connectivity index (χ3v) is 28.9. The molecule has 0 amide bonds. The maximum absolute atomic E-state index is 12.0. The van der Waals surface area contributed by atoms with E-state index in [9.17, 15) is 9.59 Å². The van der Waals surface area contributed by atoms with Gasteiger partial charge in [-0.2, -0.15) is 0 Å². The summed E-state index contributed by atoms with van der Waals surface area (Å²) in [5, 5.41) is 10.1. The van der Waals surface area contributed by atoms with Crippen molar-refractivity contribution in [2.24, 2.45) is 46.8 Å². The Hall–Kier alpha value is -8.16. The topological polar surface area (TPSA) is 126 Å². The van der Waals surface area contributed by atoms with Crippen molar-refractivity contribution < 1.29 is 57.0 Å². The third-order valence-electron chi connectivity index (χ3n) is 28.9. The number of esters is 1. The lowest BCUT2D eigenvalue weighted by Crippen LogP contribution is -2.37. The smallest absolute Gasteiger partial charge is 0.488 e. The lowest BCUT2D eigenvalue weighted by atomic mass is 9.80. The molecule has 12 heteroatoms. The zero-order chi connectivity index (χ0) is 85.3. The Labute approximate surface area is 712 Å². The highest BCUT2D eigenvalue weighted by Crippen LogP contribution is 2.60. The predicted molar refractivity (Wildman–Crippen MR) is 486 cm³/mol. The summed E-state index contributed by atoms with van der Waals surface area (Å²) < 4.78 is 59.1. The van der Waals surface area contributed by atoms with Crippen LogP contribution in [0.1, 0.15) is 328 Å². The average molecular weight is 1620 g/mol. The number of carbonyl (C=O) groups excluding carboxylic acids is 2. The quantitative estimate of drug-likeness (QED) is 0.0277. The van der Waals surface area contributed by atoms with Crippen LogP contribution in [0.15, 0.2) is 146 Å². The van der Waals surface area contributed by atoms with Crippen LogP contribution in [0.5, 0.6) is 34.5 Å². The fourth-order valence-corrected chi connectivity index (χ4v) is 20.5. The van der Waals surface area contributed by atoms with Gasteiger partial charge in [0.05, 0.1) is 18.1 Å². The number of hydrogen-bond donors (Lipinski definition) is 0. The molecule has 9 aromatic rings. The molecule has 640 valence electrons. The molecule has 16 atom stereocenters. The molecule has 12 nitrogen and oxygen atoms in total. The second-order valence-electron chi connectivity index (χ2n) is 39.3. The van der Waals surface area contributed by atoms with Crippen molar-refractivity contribution >= 4 is 55.2 Å². The summed E-state index contributed by atoms with van der Waals surface area (Å²) in [5.74, 6) is 14.1. The molecule has 9 aromatic carbocycles. The van der Waals surface area contributed by atoms with Crippen LogP contribution in [-0.2, 0) is 23.7 Å². The molecular weight excluding hydrogens is 1480 g/mol. The van der Waals surface area contributed by atoms with Gasteiger partial charge in [0.15, 0.2) is 6.29 Å². The largest absolute Gasteiger partial charge is 0.514 e. The van der Waals surface area contributed by atoms with Crippen molar-refractivity contribution in [1.82, 2.24) is 0 Å². The summed E-state index contributed by atoms with van der Waals surface area (Å²) in [4.78, 5) is 23.9. The van der Waals surface area contributed by atoms with E-state index in [1.54, 1.807) is 19.2 Å². The summed E-state index contributed by atoms with van der Waals surface area (Å²) in [5.41, 5.74) is 10.2. The summed E-state index contributed by atoms with van der Waals surface area (Å²) >= 11 is 0. The van der Waals surface area contributed by atoms with Crippen LogP contribution in [-0.4, -0.2) is 62.0 Å². The molecule has 0 saturated heterocycles. The molecule has 0 heterocycles. The standard InChI is InChI=1S/C28H36O2.C24H32O2.C19H22O3.C19H24O2.C17H26O3/c1-15(2)28(30-26-14-18-13-24(26)22-9-6-8-21(18)22)29-25-12-11-20-17(4)16(3)19-7-5-10-23(25)27(19)20;1-16-17(2)21-12-13-23(22-11-7-10-20(16)24(21)22)26-18(3)25-15-14-19-8-5-4-6-9-19;1-11-12(2)14-9-10-16(21-18(20)22-19(3,4)5)15-8-6-7-13(11)17(14)15;1-11(2)19(20-5)21-17-10-9-15-13(4)12(3)14-7-6-8-16(17)18(14)15;1-7-16(3,4)15(18)19-13-9-11-14(12-10-13)20-17(5,6)8-2/h5,7,10-12,15-18,21-22,24,26,28H,6,8-9,13-14H2,1-4H3;7,10-13,16-19H,4-6,8-9,14-15H2,1-3H3;6-12H,1-5H3;6-13,19H,1-5H3;9-12H,7-8H2,1-6H3. The van der Waals surface area contributed by atoms with Gasteiger partial charge in [0.25, 0.3) is 0 Å². The number of rotatable bonds is 22. The average Bonchev–Trinajstić information content (AvgIpc) is 1.63. The van der Waals surface area contributed by atoms with Gasteiger partial charge in [-0.3, -0.25) is 4.79 Å². The minimum Gasteiger partial charge on any atom is -0.488 e. The molecule has 119 heavy (non-hydrogen) atoms. The van der Waals surface area contributed by atoms with E-state index in [-0.39, 0.29) is 30.4 Å². The third kappa shape index (κ3) is 19.2. The lowest BCUT2D eigenvalue weighted by molar-refractivity contribution is -0.162. The first-order chi connectivity index (χ1) is 56.7. The predicted octanol–water partition coefficient (Wildman–Crippen LogP) is 29.1. The van der Waals surface area contributed by atoms with E-state index < -0.39 is 17.2 Å². The number of ether oxygens (including phenoxy) is 10. The number of carbonyl (C=O) groups is 2. The number of hydrogen-bond acceptors (Lipinski definition) is 12. The van der Waals surface area contributed by atoms with Gasteiger partial charge in [-0.05, 0) is 292 Å². The molecule has 4 fully saturated rings. The number of fused-ring (bicyclic) bond motifs is 5. The van der Waals surface area contributed by atoms with E-state index in [1.165, 1.54) is 153 Å². The molecular formula is C107H140O12. The Bertz CT molecular complexity index is 4940. The molecule has 4 saturated carbocycles. The Morgan fingerprint density at radius 2 is 0.832 bits per heavy atom. The molecule has 0 aliphatic heterocycles. The molecule has 0 spiro atoms. The normalized spacial score (nSPS) is 24.3. The second-order valence-corrected chi connectivity index (χ2v) is 39.3. The second kappa shape index (κ2) is 37.3. The van der Waals surface area contributed by atoms with Gasteiger partial charge in [0, 0.05) is 40.5 Å². The highest BCUT2D eigenvalue weighted by atomic mass is 16.7. The SMILES string of the molecule is CC(C)C(Oc1ccc2c3c(cccc13)C(C)C2C)OC1CC2CC1C1CCCC21.CC(OCCC1CCCCC1)Oc1ccc2c3c(cccc13)C(C)C2C.CC1c2cccc3c(OC(=O)OC(C)(C)C)ccc(c23)C1C.CCC(C)(C)Oc1ccc(OC(=O)C(C)(C)CC)cc1.COC(Oc1ccc2c3c(cccc13)C(C)C2C)C(C)C. The Morgan fingerprint density at radius 1 is 0.420 bits per heavy atom. The molecule has 8 aliphatic carbocycles. The summed E-state index contributed by atoms with van der Waals surface area (Å²) in [6.07, 6.45) is 16.0. The van der Waals surface area contributed by atoms with Gasteiger partial charge in [-0.25, -0.2) is 4.79 Å². The van der Waals surface area contributed by atoms with Crippen LogP contribution in [0, 0.1) is 46.8 Å². The first-order valence-corrected chi connectivity index (χ1v) is 45.6. The van der Waals surface area contributed by atoms with Crippen molar-refractivity contribution in [2.45, 2.75) is 319 Å². The van der Waals surface area contributed by atoms with Gasteiger partial charge in [0.1, 0.15) is 45.7 Å². The van der Waals surface area contributed by atoms with Crippen molar-refractivity contribution in [3.8, 4) is 34.5 Å². The van der Waals surface area contributed by atoms with Crippen LogP contribution in [0.2, 0.25) is 0 Å². The first kappa shape index (κ1) is 88.6. The minimum atomic E-state index is -0.660. The molecule has 0 aromatic heterocycles. The van der Waals surface area contributed by atoms with Gasteiger partial charge >= 0.3 is 12.1 Å². The van der Waals surface area contributed by atoms with Crippen LogP contribution < -0.4 is 28.4 Å². The van der Waals surface area contributed by atoms with Crippen molar-refractivity contribution in [2.75, 3.05) is 13.7 Å². The summed E-state index contributed by atoms with van der Waals surface area (Å²) in [6, 6.07) is 50.5. The molecule has 0 N–H and O–H groups in total. The van der Waals surface area contributed by atoms with Crippen LogP contribution in [0.4, 0.5) is 4.79 Å². The fourth-order valence-electron chi connectivity index (χ4n) is 20.5. The van der Waals surface area contributed by atoms with Gasteiger partial charge < -0.3 is 47.4 Å². The highest BCUT2D eigenvalue weighted by Gasteiger charge is 2.55. The number of methoxy groups -OCH3 is 1. The minimum absolute atomic E-state index is 0.164. The number of benzene rings is 9. The van der Waals surface area contributed by atoms with Crippen LogP contribution in [0.25, 0.3) is 43.1 Å². The lowest BCUT2D eigenvalue weighted by Gasteiger charge is -2.35. The van der Waals surface area contributed by atoms with E-state index in [0.717, 1.165) is 77.4 Å². The molecule has 17 rings (SSSR count). The maximum atomic E-state index is 12.0. The Morgan fingerprint density at radius 3 is 1.26 bits per heavy atom. The zero-order valence-corrected chi connectivity index (χ0v) is 76.1. The fraction of sp³-hybridized carbons (Fsp3) is 0.551. The Kier molecular flexibility index (Phi) is 27.8. The monoisotopic (exact) mass is 1620 g/mol. The molecule has 2 bridgehead atoms. The van der Waals surface area contributed by atoms with Gasteiger partial charge in [-0.1, -0.05) is 233 Å². The van der Waals surface area contributed by atoms with Crippen LogP contribution >= 0.6 is 0 Å². The van der Waals surface area contributed by atoms with Gasteiger partial charge in [0.2, 0.25) is 12.6 Å². The molecule has 0 radical (unpaired) electrons. The zero-order valence-electron chi connectivity index (χ0n) is 76.1. The van der Waals surface area contributed by atoms with E-state index >= 15 is 0 Å². The highest BCUT2D eigenvalue weighted by molar-refractivity contribution is 6.00. The summed E-state index contributed by atoms with van der Waals surface area (Å²) in [6.45, 7) is 47.4. The van der Waals surface area contributed by atoms with Crippen molar-refractivity contribution in [3.05, 3.63) is 190 Å². The van der Waals surface area contributed by atoms with E-state index in [2.05, 4.69) is 193 Å². The molecule has 16 unspecified atom stereocenters. The van der Waals surface area contributed by atoms with E-state index in [1.807, 2.05) is 92.6 Å². The van der Waals surface area contributed by atoms with Gasteiger partial charge in [-0.15, -0.1) is 0 Å². The van der Waals surface area contributed by atoms with E-state index in [0.29, 0.717) is 76.8 Å². The van der Waals surface area contributed by atoms with Crippen molar-refractivity contribution in [1.29, 1.82) is 0 Å². The Balaban J connectivity index is 0.000000130. The molecule has 8 aliphatic rings. The maximum Gasteiger partial charge on any atom is 0.514 e. The van der Waals surface area contributed by atoms with Crippen LogP contribution in [0.3, 0.4) is 0 Å². The first-order valence-electron chi connectivity index (χ1n) is 45.6.